The third kappa shape index (κ3) is 4.17. The van der Waals surface area contributed by atoms with E-state index in [9.17, 15) is 9.59 Å². The van der Waals surface area contributed by atoms with E-state index in [-0.39, 0.29) is 23.8 Å². The Kier molecular flexibility index (Phi) is 5.85. The first-order valence-electron chi connectivity index (χ1n) is 10.5. The largest absolute Gasteiger partial charge is 0.484 e. The molecule has 6 nitrogen and oxygen atoms in total. The lowest BCUT2D eigenvalue weighted by Gasteiger charge is -2.43. The molecule has 3 aliphatic rings. The topological polar surface area (TPSA) is 59.1 Å². The van der Waals surface area contributed by atoms with E-state index in [1.807, 2.05) is 40.1 Å². The highest BCUT2D eigenvalue weighted by atomic mass is 16.5. The number of ether oxygens (including phenoxy) is 2. The average molecular weight is 386 g/mol. The highest BCUT2D eigenvalue weighted by molar-refractivity contribution is 5.78. The molecule has 4 rings (SSSR count). The number of likely N-dealkylation sites (tertiary alicyclic amines) is 1. The molecule has 1 atom stereocenters. The Morgan fingerprint density at radius 3 is 2.50 bits per heavy atom. The van der Waals surface area contributed by atoms with Crippen molar-refractivity contribution in [3.63, 3.8) is 0 Å². The number of rotatable bonds is 6. The molecule has 1 aliphatic carbocycles. The molecule has 1 unspecified atom stereocenters. The van der Waals surface area contributed by atoms with Gasteiger partial charge in [0.2, 0.25) is 5.91 Å². The standard InChI is InChI=1S/C22H30N2O4/c25-20(23-11-13-27-14-12-23)8-7-18-15-24(17-22(18)9-4-10-22)21(26)16-28-19-5-2-1-3-6-19/h1-3,5-6,18H,4,7-17H2. The number of hydrogen-bond donors (Lipinski definition) is 0. The number of carbonyl (C=O) groups is 2. The molecule has 3 fully saturated rings. The van der Waals surface area contributed by atoms with Gasteiger partial charge in [-0.05, 0) is 42.7 Å². The Hall–Kier alpha value is -2.08. The molecule has 0 aromatic heterocycles. The van der Waals surface area contributed by atoms with Crippen molar-refractivity contribution in [1.29, 1.82) is 0 Å². The number of nitrogens with zero attached hydrogens (tertiary/aromatic N) is 2. The van der Waals surface area contributed by atoms with E-state index < -0.39 is 0 Å². The minimum atomic E-state index is 0.0529. The van der Waals surface area contributed by atoms with Crippen LogP contribution in [0.3, 0.4) is 0 Å². The highest BCUT2D eigenvalue weighted by Gasteiger charge is 2.51. The van der Waals surface area contributed by atoms with Crippen LogP contribution in [0.25, 0.3) is 0 Å². The third-order valence-corrected chi connectivity index (χ3v) is 6.69. The average Bonchev–Trinajstić information content (AvgIpc) is 3.12. The van der Waals surface area contributed by atoms with Crippen LogP contribution in [0.15, 0.2) is 30.3 Å². The van der Waals surface area contributed by atoms with Crippen LogP contribution in [0, 0.1) is 11.3 Å². The summed E-state index contributed by atoms with van der Waals surface area (Å²) in [5.74, 6) is 1.43. The first-order chi connectivity index (χ1) is 13.7. The predicted octanol–water partition coefficient (Wildman–Crippen LogP) is 2.33. The number of hydrogen-bond acceptors (Lipinski definition) is 4. The van der Waals surface area contributed by atoms with Crippen LogP contribution < -0.4 is 4.74 Å². The van der Waals surface area contributed by atoms with E-state index in [2.05, 4.69) is 0 Å². The molecule has 1 aromatic carbocycles. The molecule has 0 N–H and O–H groups in total. The van der Waals surface area contributed by atoms with E-state index in [0.29, 0.717) is 38.6 Å². The van der Waals surface area contributed by atoms with Crippen molar-refractivity contribution in [3.8, 4) is 5.75 Å². The fraction of sp³-hybridized carbons (Fsp3) is 0.636. The SMILES string of the molecule is O=C(CCC1CN(C(=O)COc2ccccc2)CC12CCC2)N1CCOCC1. The summed E-state index contributed by atoms with van der Waals surface area (Å²) in [6.45, 7) is 4.35. The number of carbonyl (C=O) groups excluding carboxylic acids is 2. The van der Waals surface area contributed by atoms with Gasteiger partial charge in [-0.15, -0.1) is 0 Å². The molecule has 6 heteroatoms. The maximum absolute atomic E-state index is 12.7. The van der Waals surface area contributed by atoms with Crippen LogP contribution in [-0.4, -0.2) is 67.6 Å². The molecular formula is C22H30N2O4. The fourth-order valence-corrected chi connectivity index (χ4v) is 4.84. The van der Waals surface area contributed by atoms with Gasteiger partial charge in [-0.25, -0.2) is 0 Å². The van der Waals surface area contributed by atoms with Crippen molar-refractivity contribution in [2.45, 2.75) is 32.1 Å². The first-order valence-corrected chi connectivity index (χ1v) is 10.5. The molecule has 2 saturated heterocycles. The Bertz CT molecular complexity index is 683. The van der Waals surface area contributed by atoms with Gasteiger partial charge in [0.15, 0.2) is 6.61 Å². The summed E-state index contributed by atoms with van der Waals surface area (Å²) in [6, 6.07) is 9.47. The van der Waals surface area contributed by atoms with Crippen molar-refractivity contribution >= 4 is 11.8 Å². The summed E-state index contributed by atoms with van der Waals surface area (Å²) in [5.41, 5.74) is 0.230. The minimum Gasteiger partial charge on any atom is -0.484 e. The smallest absolute Gasteiger partial charge is 0.260 e. The minimum absolute atomic E-state index is 0.0529. The maximum Gasteiger partial charge on any atom is 0.260 e. The number of morpholine rings is 1. The summed E-state index contributed by atoms with van der Waals surface area (Å²) in [7, 11) is 0. The molecule has 0 bridgehead atoms. The lowest BCUT2D eigenvalue weighted by atomic mass is 9.62. The van der Waals surface area contributed by atoms with Crippen LogP contribution in [0.4, 0.5) is 0 Å². The van der Waals surface area contributed by atoms with Crippen LogP contribution in [0.2, 0.25) is 0 Å². The van der Waals surface area contributed by atoms with Crippen molar-refractivity contribution < 1.29 is 19.1 Å². The van der Waals surface area contributed by atoms with E-state index in [1.54, 1.807) is 0 Å². The summed E-state index contributed by atoms with van der Waals surface area (Å²) in [4.78, 5) is 29.1. The monoisotopic (exact) mass is 386 g/mol. The van der Waals surface area contributed by atoms with Gasteiger partial charge in [0, 0.05) is 32.6 Å². The molecule has 2 amide bonds. The van der Waals surface area contributed by atoms with Gasteiger partial charge in [-0.2, -0.15) is 0 Å². The Balaban J connectivity index is 1.29. The zero-order valence-electron chi connectivity index (χ0n) is 16.5. The fourth-order valence-electron chi connectivity index (χ4n) is 4.84. The molecule has 28 heavy (non-hydrogen) atoms. The summed E-state index contributed by atoms with van der Waals surface area (Å²) in [6.07, 6.45) is 5.03. The van der Waals surface area contributed by atoms with Gasteiger partial charge in [0.1, 0.15) is 5.75 Å². The van der Waals surface area contributed by atoms with E-state index >= 15 is 0 Å². The molecule has 2 aliphatic heterocycles. The summed E-state index contributed by atoms with van der Waals surface area (Å²) >= 11 is 0. The van der Waals surface area contributed by atoms with Gasteiger partial charge in [-0.3, -0.25) is 9.59 Å². The van der Waals surface area contributed by atoms with Crippen LogP contribution in [-0.2, 0) is 14.3 Å². The predicted molar refractivity (Wildman–Crippen MR) is 105 cm³/mol. The second-order valence-corrected chi connectivity index (χ2v) is 8.32. The Morgan fingerprint density at radius 1 is 1.07 bits per heavy atom. The van der Waals surface area contributed by atoms with Crippen molar-refractivity contribution in [2.24, 2.45) is 11.3 Å². The van der Waals surface area contributed by atoms with Gasteiger partial charge >= 0.3 is 0 Å². The van der Waals surface area contributed by atoms with Crippen LogP contribution >= 0.6 is 0 Å². The van der Waals surface area contributed by atoms with E-state index in [1.165, 1.54) is 19.3 Å². The molecule has 2 heterocycles. The Labute approximate surface area is 166 Å². The van der Waals surface area contributed by atoms with Gasteiger partial charge in [0.05, 0.1) is 13.2 Å². The van der Waals surface area contributed by atoms with E-state index in [0.717, 1.165) is 25.3 Å². The Morgan fingerprint density at radius 2 is 1.82 bits per heavy atom. The van der Waals surface area contributed by atoms with Crippen LogP contribution in [0.1, 0.15) is 32.1 Å². The van der Waals surface area contributed by atoms with Crippen molar-refractivity contribution in [3.05, 3.63) is 30.3 Å². The van der Waals surface area contributed by atoms with Gasteiger partial charge < -0.3 is 19.3 Å². The van der Waals surface area contributed by atoms with Crippen molar-refractivity contribution in [1.82, 2.24) is 9.80 Å². The third-order valence-electron chi connectivity index (χ3n) is 6.69. The molecule has 152 valence electrons. The number of amides is 2. The zero-order valence-corrected chi connectivity index (χ0v) is 16.5. The van der Waals surface area contributed by atoms with E-state index in [4.69, 9.17) is 9.47 Å². The maximum atomic E-state index is 12.7. The molecule has 1 saturated carbocycles. The highest BCUT2D eigenvalue weighted by Crippen LogP contribution is 2.53. The van der Waals surface area contributed by atoms with Crippen LogP contribution in [0.5, 0.6) is 5.75 Å². The first kappa shape index (κ1) is 19.2. The number of para-hydroxylation sites is 1. The second-order valence-electron chi connectivity index (χ2n) is 8.32. The molecule has 1 spiro atoms. The normalized spacial score (nSPS) is 23.5. The lowest BCUT2D eigenvalue weighted by Crippen LogP contribution is -2.42. The molecular weight excluding hydrogens is 356 g/mol. The molecule has 1 aromatic rings. The zero-order chi connectivity index (χ0) is 19.4. The van der Waals surface area contributed by atoms with Gasteiger partial charge in [0.25, 0.3) is 5.91 Å². The summed E-state index contributed by atoms with van der Waals surface area (Å²) in [5, 5.41) is 0. The second kappa shape index (κ2) is 8.52. The van der Waals surface area contributed by atoms with Gasteiger partial charge in [-0.1, -0.05) is 24.6 Å². The number of benzene rings is 1. The summed E-state index contributed by atoms with van der Waals surface area (Å²) < 4.78 is 11.0. The quantitative estimate of drug-likeness (QED) is 0.753. The molecule has 0 radical (unpaired) electrons. The van der Waals surface area contributed by atoms with Crippen molar-refractivity contribution in [2.75, 3.05) is 46.0 Å². The lowest BCUT2D eigenvalue weighted by molar-refractivity contribution is -0.135.